The third kappa shape index (κ3) is 5.49. The number of carbonyl (C=O) groups excluding carboxylic acids is 1. The third-order valence-electron chi connectivity index (χ3n) is 5.47. The molecule has 3 aromatic carbocycles. The summed E-state index contributed by atoms with van der Waals surface area (Å²) in [7, 11) is 0. The second-order valence-electron chi connectivity index (χ2n) is 7.89. The molecule has 3 aromatic rings. The summed E-state index contributed by atoms with van der Waals surface area (Å²) in [4.78, 5) is 24.9. The van der Waals surface area contributed by atoms with Crippen molar-refractivity contribution in [3.63, 3.8) is 0 Å². The Bertz CT molecular complexity index is 1310. The van der Waals surface area contributed by atoms with Crippen LogP contribution in [0.2, 0.25) is 20.1 Å². The van der Waals surface area contributed by atoms with Crippen molar-refractivity contribution in [2.24, 2.45) is 0 Å². The minimum Gasteiger partial charge on any atom is -0.489 e. The summed E-state index contributed by atoms with van der Waals surface area (Å²) in [6.45, 7) is 0.637. The Hall–Kier alpha value is -2.71. The molecule has 1 atom stereocenters. The van der Waals surface area contributed by atoms with Gasteiger partial charge in [-0.25, -0.2) is 9.18 Å². The van der Waals surface area contributed by atoms with E-state index in [2.05, 4.69) is 5.32 Å². The number of carbonyl (C=O) groups is 2. The van der Waals surface area contributed by atoms with E-state index in [9.17, 15) is 19.1 Å². The van der Waals surface area contributed by atoms with E-state index in [1.165, 1.54) is 12.1 Å². The number of amides is 1. The first-order valence-electron chi connectivity index (χ1n) is 10.7. The van der Waals surface area contributed by atoms with Crippen LogP contribution in [0.5, 0.6) is 11.5 Å². The van der Waals surface area contributed by atoms with E-state index in [0.29, 0.717) is 42.1 Å². The molecule has 36 heavy (non-hydrogen) atoms. The van der Waals surface area contributed by atoms with Crippen LogP contribution in [0.3, 0.4) is 0 Å². The number of ether oxygens (including phenoxy) is 2. The molecule has 1 aliphatic rings. The van der Waals surface area contributed by atoms with Crippen molar-refractivity contribution in [3.05, 3.63) is 79.5 Å². The lowest BCUT2D eigenvalue weighted by Crippen LogP contribution is -2.42. The van der Waals surface area contributed by atoms with Crippen LogP contribution in [0.4, 0.5) is 4.39 Å². The molecule has 4 rings (SSSR count). The van der Waals surface area contributed by atoms with Crippen LogP contribution in [0.15, 0.2) is 42.5 Å². The van der Waals surface area contributed by atoms with Gasteiger partial charge in [-0.1, -0.05) is 58.5 Å². The van der Waals surface area contributed by atoms with E-state index in [-0.39, 0.29) is 37.8 Å². The average molecular weight is 573 g/mol. The van der Waals surface area contributed by atoms with Gasteiger partial charge >= 0.3 is 5.97 Å². The van der Waals surface area contributed by atoms with E-state index in [0.717, 1.165) is 12.1 Å². The van der Waals surface area contributed by atoms with Crippen molar-refractivity contribution >= 4 is 58.3 Å². The molecular weight excluding hydrogens is 555 g/mol. The molecule has 1 amide bonds. The van der Waals surface area contributed by atoms with Crippen LogP contribution >= 0.6 is 46.4 Å². The second kappa shape index (κ2) is 11.1. The highest BCUT2D eigenvalue weighted by molar-refractivity contribution is 6.40. The fourth-order valence-corrected chi connectivity index (χ4v) is 5.07. The van der Waals surface area contributed by atoms with Gasteiger partial charge in [0.15, 0.2) is 11.5 Å². The van der Waals surface area contributed by atoms with Gasteiger partial charge in [0.25, 0.3) is 5.91 Å². The Kier molecular flexibility index (Phi) is 8.15. The lowest BCUT2D eigenvalue weighted by Gasteiger charge is -2.21. The van der Waals surface area contributed by atoms with Gasteiger partial charge in [0, 0.05) is 29.5 Å². The van der Waals surface area contributed by atoms with Crippen LogP contribution in [-0.4, -0.2) is 36.2 Å². The predicted octanol–water partition coefficient (Wildman–Crippen LogP) is 6.69. The minimum atomic E-state index is -1.34. The molecule has 11 heteroatoms. The van der Waals surface area contributed by atoms with Crippen LogP contribution < -0.4 is 14.8 Å². The summed E-state index contributed by atoms with van der Waals surface area (Å²) in [6, 6.07) is 8.73. The molecule has 188 valence electrons. The number of carboxylic acids is 1. The van der Waals surface area contributed by atoms with Gasteiger partial charge in [-0.05, 0) is 30.3 Å². The standard InChI is InChI=1S/C25H18Cl4FNO5/c26-15-3-1-4-16(27)21(15)24(32)31-19(25(33)34)9-12-5-6-14(23-22(12)35-7-2-8-36-23)20-17(28)10-13(30)11-18(20)29/h1,3-6,10-11,19H,2,7-9H2,(H,31,32)(H,33,34)/t19-/m0/s1. The number of halogens is 5. The Morgan fingerprint density at radius 1 is 0.944 bits per heavy atom. The summed E-state index contributed by atoms with van der Waals surface area (Å²) >= 11 is 24.8. The van der Waals surface area contributed by atoms with Crippen molar-refractivity contribution in [2.45, 2.75) is 18.9 Å². The van der Waals surface area contributed by atoms with Crippen LogP contribution in [0, 0.1) is 5.82 Å². The molecule has 0 radical (unpaired) electrons. The predicted molar refractivity (Wildman–Crippen MR) is 137 cm³/mol. The van der Waals surface area contributed by atoms with E-state index >= 15 is 0 Å². The Morgan fingerprint density at radius 2 is 1.56 bits per heavy atom. The lowest BCUT2D eigenvalue weighted by molar-refractivity contribution is -0.139. The second-order valence-corrected chi connectivity index (χ2v) is 9.52. The molecule has 0 bridgehead atoms. The largest absolute Gasteiger partial charge is 0.489 e. The van der Waals surface area contributed by atoms with Gasteiger partial charge in [-0.2, -0.15) is 0 Å². The number of rotatable bonds is 6. The van der Waals surface area contributed by atoms with Crippen molar-refractivity contribution in [2.75, 3.05) is 13.2 Å². The number of fused-ring (bicyclic) bond motifs is 1. The lowest BCUT2D eigenvalue weighted by atomic mass is 9.97. The molecule has 0 unspecified atom stereocenters. The quantitative estimate of drug-likeness (QED) is 0.343. The summed E-state index contributed by atoms with van der Waals surface area (Å²) in [5, 5.41) is 12.6. The Labute approximate surface area is 225 Å². The zero-order chi connectivity index (χ0) is 26.0. The van der Waals surface area contributed by atoms with Gasteiger partial charge in [0.2, 0.25) is 0 Å². The van der Waals surface area contributed by atoms with Crippen molar-refractivity contribution < 1.29 is 28.6 Å². The number of hydrogen-bond acceptors (Lipinski definition) is 4. The maximum atomic E-state index is 13.8. The molecule has 0 fully saturated rings. The molecule has 0 aromatic heterocycles. The molecule has 1 aliphatic heterocycles. The average Bonchev–Trinajstić information content (AvgIpc) is 3.05. The fourth-order valence-electron chi connectivity index (χ4n) is 3.83. The summed E-state index contributed by atoms with van der Waals surface area (Å²) in [5.74, 6) is -2.01. The molecule has 0 saturated carbocycles. The molecule has 0 aliphatic carbocycles. The molecular formula is C25H18Cl4FNO5. The highest BCUT2D eigenvalue weighted by atomic mass is 35.5. The zero-order valence-corrected chi connectivity index (χ0v) is 21.4. The summed E-state index contributed by atoms with van der Waals surface area (Å²) in [5.41, 5.74) is 1.25. The van der Waals surface area contributed by atoms with Crippen LogP contribution in [0.1, 0.15) is 22.3 Å². The minimum absolute atomic E-state index is 0.0264. The highest BCUT2D eigenvalue weighted by Crippen LogP contribution is 2.47. The summed E-state index contributed by atoms with van der Waals surface area (Å²) in [6.07, 6.45) is 0.433. The van der Waals surface area contributed by atoms with E-state index in [1.807, 2.05) is 0 Å². The summed E-state index contributed by atoms with van der Waals surface area (Å²) < 4.78 is 25.6. The maximum Gasteiger partial charge on any atom is 0.326 e. The number of carboxylic acid groups (broad SMARTS) is 1. The topological polar surface area (TPSA) is 84.9 Å². The monoisotopic (exact) mass is 571 g/mol. The first-order chi connectivity index (χ1) is 17.2. The molecule has 0 spiro atoms. The van der Waals surface area contributed by atoms with Crippen molar-refractivity contribution in [3.8, 4) is 22.6 Å². The van der Waals surface area contributed by atoms with Gasteiger partial charge in [0.1, 0.15) is 11.9 Å². The van der Waals surface area contributed by atoms with Crippen LogP contribution in [0.25, 0.3) is 11.1 Å². The van der Waals surface area contributed by atoms with Gasteiger partial charge in [0.05, 0.1) is 38.9 Å². The maximum absolute atomic E-state index is 13.8. The Morgan fingerprint density at radius 3 is 2.17 bits per heavy atom. The SMILES string of the molecule is O=C(N[C@@H](Cc1ccc(-c2c(Cl)cc(F)cc2Cl)c2c1OCCCO2)C(=O)O)c1c(Cl)cccc1Cl. The number of benzene rings is 3. The van der Waals surface area contributed by atoms with Gasteiger partial charge in [-0.15, -0.1) is 0 Å². The molecule has 1 heterocycles. The molecule has 0 saturated heterocycles. The highest BCUT2D eigenvalue weighted by Gasteiger charge is 2.28. The Balaban J connectivity index is 1.72. The zero-order valence-electron chi connectivity index (χ0n) is 18.4. The van der Waals surface area contributed by atoms with Gasteiger partial charge in [-0.3, -0.25) is 4.79 Å². The first-order valence-corrected chi connectivity index (χ1v) is 12.2. The van der Waals surface area contributed by atoms with E-state index < -0.39 is 23.7 Å². The number of aliphatic carboxylic acids is 1. The van der Waals surface area contributed by atoms with Gasteiger partial charge < -0.3 is 19.9 Å². The molecule has 6 nitrogen and oxygen atoms in total. The molecule has 2 N–H and O–H groups in total. The van der Waals surface area contributed by atoms with Crippen LogP contribution in [-0.2, 0) is 11.2 Å². The number of hydrogen-bond donors (Lipinski definition) is 2. The third-order valence-corrected chi connectivity index (χ3v) is 6.69. The van der Waals surface area contributed by atoms with Crippen molar-refractivity contribution in [1.29, 1.82) is 0 Å². The van der Waals surface area contributed by atoms with E-state index in [4.69, 9.17) is 55.9 Å². The number of nitrogens with one attached hydrogen (secondary N) is 1. The van der Waals surface area contributed by atoms with Crippen molar-refractivity contribution in [1.82, 2.24) is 5.32 Å². The fraction of sp³-hybridized carbons (Fsp3) is 0.200. The smallest absolute Gasteiger partial charge is 0.326 e. The normalized spacial score (nSPS) is 13.6. The first kappa shape index (κ1) is 26.4. The van der Waals surface area contributed by atoms with E-state index in [1.54, 1.807) is 18.2 Å².